The zero-order valence-electron chi connectivity index (χ0n) is 11.7. The van der Waals surface area contributed by atoms with Crippen LogP contribution in [0.2, 0.25) is 0 Å². The van der Waals surface area contributed by atoms with Crippen molar-refractivity contribution < 1.29 is 18.3 Å². The van der Waals surface area contributed by atoms with Crippen LogP contribution < -0.4 is 0 Å². The fourth-order valence-corrected chi connectivity index (χ4v) is 3.78. The van der Waals surface area contributed by atoms with E-state index in [1.54, 1.807) is 13.1 Å². The van der Waals surface area contributed by atoms with Crippen LogP contribution in [-0.2, 0) is 16.4 Å². The van der Waals surface area contributed by atoms with Crippen LogP contribution in [-0.4, -0.2) is 36.9 Å². The summed E-state index contributed by atoms with van der Waals surface area (Å²) < 4.78 is 26.3. The van der Waals surface area contributed by atoms with Gasteiger partial charge in [-0.1, -0.05) is 19.4 Å². The molecule has 1 N–H and O–H groups in total. The summed E-state index contributed by atoms with van der Waals surface area (Å²) in [5.74, 6) is -1.09. The molecule has 6 heteroatoms. The van der Waals surface area contributed by atoms with Crippen molar-refractivity contribution in [3.05, 3.63) is 29.3 Å². The molecule has 0 bridgehead atoms. The third kappa shape index (κ3) is 2.58. The molecule has 2 rings (SSSR count). The van der Waals surface area contributed by atoms with E-state index in [1.165, 1.54) is 16.4 Å². The van der Waals surface area contributed by atoms with Crippen molar-refractivity contribution in [1.82, 2.24) is 4.31 Å². The number of hydrogen-bond acceptors (Lipinski definition) is 3. The monoisotopic (exact) mass is 297 g/mol. The average Bonchev–Trinajstić information content (AvgIpc) is 2.35. The van der Waals surface area contributed by atoms with Crippen molar-refractivity contribution in [2.75, 3.05) is 7.05 Å². The van der Waals surface area contributed by atoms with Crippen molar-refractivity contribution in [3.8, 4) is 0 Å². The van der Waals surface area contributed by atoms with Gasteiger partial charge in [0, 0.05) is 13.1 Å². The standard InChI is InChI=1S/C14H19NO4S/c1-3-10-7-8-12(9-13(10)14(16)17)20(18,19)15(2)11-5-4-6-11/h7-9,11H,3-6H2,1-2H3,(H,16,17). The molecule has 0 amide bonds. The largest absolute Gasteiger partial charge is 0.478 e. The van der Waals surface area contributed by atoms with E-state index < -0.39 is 16.0 Å². The molecule has 0 radical (unpaired) electrons. The molecule has 0 aromatic heterocycles. The number of carboxylic acid groups (broad SMARTS) is 1. The number of aromatic carboxylic acids is 1. The van der Waals surface area contributed by atoms with E-state index in [9.17, 15) is 18.3 Å². The van der Waals surface area contributed by atoms with Crippen molar-refractivity contribution in [3.63, 3.8) is 0 Å². The Bertz CT molecular complexity index is 620. The van der Waals surface area contributed by atoms with Crippen LogP contribution in [0.5, 0.6) is 0 Å². The lowest BCUT2D eigenvalue weighted by atomic mass is 9.94. The van der Waals surface area contributed by atoms with Gasteiger partial charge in [0.15, 0.2) is 0 Å². The molecule has 1 saturated carbocycles. The van der Waals surface area contributed by atoms with Gasteiger partial charge in [-0.3, -0.25) is 0 Å². The Kier molecular flexibility index (Phi) is 4.15. The number of hydrogen-bond donors (Lipinski definition) is 1. The van der Waals surface area contributed by atoms with Crippen molar-refractivity contribution in [2.24, 2.45) is 0 Å². The second-order valence-electron chi connectivity index (χ2n) is 5.08. The number of carbonyl (C=O) groups is 1. The highest BCUT2D eigenvalue weighted by molar-refractivity contribution is 7.89. The molecule has 0 spiro atoms. The molecule has 1 aromatic rings. The van der Waals surface area contributed by atoms with Gasteiger partial charge >= 0.3 is 5.97 Å². The average molecular weight is 297 g/mol. The fraction of sp³-hybridized carbons (Fsp3) is 0.500. The van der Waals surface area contributed by atoms with Crippen LogP contribution in [0.3, 0.4) is 0 Å². The van der Waals surface area contributed by atoms with Gasteiger partial charge in [-0.25, -0.2) is 13.2 Å². The molecule has 1 aromatic carbocycles. The zero-order chi connectivity index (χ0) is 14.9. The second kappa shape index (κ2) is 5.54. The summed E-state index contributed by atoms with van der Waals surface area (Å²) in [4.78, 5) is 11.3. The van der Waals surface area contributed by atoms with Gasteiger partial charge in [0.1, 0.15) is 0 Å². The minimum Gasteiger partial charge on any atom is -0.478 e. The fourth-order valence-electron chi connectivity index (χ4n) is 2.34. The van der Waals surface area contributed by atoms with E-state index in [1.807, 2.05) is 6.92 Å². The summed E-state index contributed by atoms with van der Waals surface area (Å²) in [6.45, 7) is 1.84. The molecule has 1 aliphatic rings. The molecule has 20 heavy (non-hydrogen) atoms. The first-order valence-electron chi connectivity index (χ1n) is 6.72. The predicted molar refractivity (Wildman–Crippen MR) is 75.4 cm³/mol. The molecule has 0 aliphatic heterocycles. The smallest absolute Gasteiger partial charge is 0.336 e. The van der Waals surface area contributed by atoms with Gasteiger partial charge in [-0.05, 0) is 37.0 Å². The van der Waals surface area contributed by atoms with Crippen LogP contribution in [0.4, 0.5) is 0 Å². The van der Waals surface area contributed by atoms with Crippen LogP contribution in [0, 0.1) is 0 Å². The molecule has 0 saturated heterocycles. The quantitative estimate of drug-likeness (QED) is 0.903. The lowest BCUT2D eigenvalue weighted by molar-refractivity contribution is 0.0695. The summed E-state index contributed by atoms with van der Waals surface area (Å²) in [6, 6.07) is 4.39. The van der Waals surface area contributed by atoms with E-state index in [-0.39, 0.29) is 16.5 Å². The van der Waals surface area contributed by atoms with Crippen LogP contribution in [0.1, 0.15) is 42.1 Å². The highest BCUT2D eigenvalue weighted by Crippen LogP contribution is 2.29. The van der Waals surface area contributed by atoms with Crippen LogP contribution in [0.25, 0.3) is 0 Å². The Morgan fingerprint density at radius 1 is 1.40 bits per heavy atom. The normalized spacial score (nSPS) is 16.1. The Morgan fingerprint density at radius 2 is 2.05 bits per heavy atom. The maximum Gasteiger partial charge on any atom is 0.336 e. The molecule has 5 nitrogen and oxygen atoms in total. The third-order valence-electron chi connectivity index (χ3n) is 3.96. The van der Waals surface area contributed by atoms with Gasteiger partial charge < -0.3 is 5.11 Å². The summed E-state index contributed by atoms with van der Waals surface area (Å²) in [7, 11) is -2.05. The minimum atomic E-state index is -3.61. The second-order valence-corrected chi connectivity index (χ2v) is 7.08. The number of benzene rings is 1. The highest BCUT2D eigenvalue weighted by Gasteiger charge is 2.32. The first kappa shape index (κ1) is 15.0. The van der Waals surface area contributed by atoms with E-state index in [0.29, 0.717) is 12.0 Å². The van der Waals surface area contributed by atoms with Gasteiger partial charge in [0.25, 0.3) is 0 Å². The maximum atomic E-state index is 12.5. The highest BCUT2D eigenvalue weighted by atomic mass is 32.2. The van der Waals surface area contributed by atoms with Gasteiger partial charge in [0.05, 0.1) is 10.5 Å². The third-order valence-corrected chi connectivity index (χ3v) is 5.86. The molecular weight excluding hydrogens is 278 g/mol. The molecule has 0 unspecified atom stereocenters. The van der Waals surface area contributed by atoms with Crippen molar-refractivity contribution in [1.29, 1.82) is 0 Å². The van der Waals surface area contributed by atoms with E-state index >= 15 is 0 Å². The topological polar surface area (TPSA) is 74.7 Å². The Hall–Kier alpha value is -1.40. The maximum absolute atomic E-state index is 12.5. The number of rotatable bonds is 5. The SMILES string of the molecule is CCc1ccc(S(=O)(=O)N(C)C2CCC2)cc1C(=O)O. The summed E-state index contributed by atoms with van der Waals surface area (Å²) in [6.07, 6.45) is 3.34. The van der Waals surface area contributed by atoms with Crippen molar-refractivity contribution in [2.45, 2.75) is 43.5 Å². The van der Waals surface area contributed by atoms with Crippen LogP contribution in [0.15, 0.2) is 23.1 Å². The van der Waals surface area contributed by atoms with Crippen LogP contribution >= 0.6 is 0 Å². The predicted octanol–water partition coefficient (Wildman–Crippen LogP) is 2.12. The van der Waals surface area contributed by atoms with E-state index in [0.717, 1.165) is 19.3 Å². The first-order valence-corrected chi connectivity index (χ1v) is 8.16. The number of aryl methyl sites for hydroxylation is 1. The van der Waals surface area contributed by atoms with E-state index in [4.69, 9.17) is 0 Å². The first-order chi connectivity index (χ1) is 9.37. The van der Waals surface area contributed by atoms with Gasteiger partial charge in [-0.2, -0.15) is 4.31 Å². The number of sulfonamides is 1. The summed E-state index contributed by atoms with van der Waals surface area (Å²) in [5.41, 5.74) is 0.707. The molecule has 0 heterocycles. The van der Waals surface area contributed by atoms with Crippen molar-refractivity contribution >= 4 is 16.0 Å². The summed E-state index contributed by atoms with van der Waals surface area (Å²) >= 11 is 0. The molecular formula is C14H19NO4S. The minimum absolute atomic E-state index is 0.0409. The molecule has 110 valence electrons. The zero-order valence-corrected chi connectivity index (χ0v) is 12.5. The van der Waals surface area contributed by atoms with E-state index in [2.05, 4.69) is 0 Å². The number of nitrogens with zero attached hydrogens (tertiary/aromatic N) is 1. The van der Waals surface area contributed by atoms with Gasteiger partial charge in [-0.15, -0.1) is 0 Å². The lowest BCUT2D eigenvalue weighted by Crippen LogP contribution is -2.41. The Morgan fingerprint density at radius 3 is 2.50 bits per heavy atom. The molecule has 1 fully saturated rings. The lowest BCUT2D eigenvalue weighted by Gasteiger charge is -2.33. The Labute approximate surface area is 119 Å². The Balaban J connectivity index is 2.41. The molecule has 1 aliphatic carbocycles. The summed E-state index contributed by atoms with van der Waals surface area (Å²) in [5, 5.41) is 9.18. The van der Waals surface area contributed by atoms with Gasteiger partial charge in [0.2, 0.25) is 10.0 Å². The molecule has 0 atom stereocenters. The number of carboxylic acids is 1.